The highest BCUT2D eigenvalue weighted by atomic mass is 35.5. The Hall–Kier alpha value is -2.34. The number of fused-ring (bicyclic) bond motifs is 2. The molecule has 2 aliphatic carbocycles. The molecule has 1 aromatic carbocycles. The minimum absolute atomic E-state index is 0.0416. The zero-order valence-corrected chi connectivity index (χ0v) is 16.3. The first-order valence-electron chi connectivity index (χ1n) is 9.89. The summed E-state index contributed by atoms with van der Waals surface area (Å²) in [6, 6.07) is 5.57. The number of rotatable bonds is 1. The summed E-state index contributed by atoms with van der Waals surface area (Å²) in [4.78, 5) is 32.7. The third-order valence-electron chi connectivity index (χ3n) is 6.43. The molecule has 1 spiro atoms. The Kier molecular flexibility index (Phi) is 4.02. The van der Waals surface area contributed by atoms with Gasteiger partial charge in [0.15, 0.2) is 0 Å². The molecule has 2 heterocycles. The number of amides is 2. The molecule has 28 heavy (non-hydrogen) atoms. The van der Waals surface area contributed by atoms with Gasteiger partial charge in [-0.2, -0.15) is 0 Å². The molecule has 0 radical (unpaired) electrons. The molecule has 2 amide bonds. The van der Waals surface area contributed by atoms with Crippen molar-refractivity contribution in [3.8, 4) is 0 Å². The molecule has 146 valence electrons. The molecule has 0 unspecified atom stereocenters. The number of piperazine rings is 1. The number of pyridine rings is 1. The molecule has 1 N–H and O–H groups in total. The van der Waals surface area contributed by atoms with Gasteiger partial charge in [0.05, 0.1) is 16.1 Å². The van der Waals surface area contributed by atoms with E-state index in [9.17, 15) is 14.7 Å². The summed E-state index contributed by atoms with van der Waals surface area (Å²) < 4.78 is 0. The number of aromatic nitrogens is 1. The monoisotopic (exact) mass is 399 g/mol. The van der Waals surface area contributed by atoms with Crippen LogP contribution in [-0.2, 0) is 12.8 Å². The number of carboxylic acid groups (broad SMARTS) is 1. The van der Waals surface area contributed by atoms with Gasteiger partial charge < -0.3 is 14.9 Å². The van der Waals surface area contributed by atoms with E-state index < -0.39 is 6.09 Å². The van der Waals surface area contributed by atoms with Crippen LogP contribution in [0.25, 0.3) is 10.9 Å². The van der Waals surface area contributed by atoms with Crippen molar-refractivity contribution in [3.63, 3.8) is 0 Å². The number of carbonyl (C=O) groups is 2. The van der Waals surface area contributed by atoms with Crippen molar-refractivity contribution in [2.75, 3.05) is 19.6 Å². The molecular weight excluding hydrogens is 378 g/mol. The lowest BCUT2D eigenvalue weighted by molar-refractivity contribution is 0.0390. The Bertz CT molecular complexity index is 1000. The van der Waals surface area contributed by atoms with Crippen LogP contribution >= 0.6 is 11.6 Å². The minimum Gasteiger partial charge on any atom is -0.465 e. The topological polar surface area (TPSA) is 73.7 Å². The van der Waals surface area contributed by atoms with Crippen molar-refractivity contribution < 1.29 is 14.7 Å². The summed E-state index contributed by atoms with van der Waals surface area (Å²) in [7, 11) is 0. The van der Waals surface area contributed by atoms with Gasteiger partial charge in [0, 0.05) is 36.3 Å². The number of benzene rings is 1. The average Bonchev–Trinajstić information content (AvgIpc) is 3.46. The van der Waals surface area contributed by atoms with E-state index in [-0.39, 0.29) is 11.4 Å². The number of nitrogens with zero attached hydrogens (tertiary/aromatic N) is 3. The lowest BCUT2D eigenvalue weighted by Gasteiger charge is -2.41. The van der Waals surface area contributed by atoms with Crippen LogP contribution in [0.4, 0.5) is 4.79 Å². The first-order valence-corrected chi connectivity index (χ1v) is 10.3. The Balaban J connectivity index is 1.48. The standard InChI is InChI=1S/C21H22ClN3O3/c22-18-14-3-1-2-4-16(14)23-17-11-13(5-6-15(17)18)19(26)25-10-9-24(20(27)28)12-21(25)7-8-21/h5-6,11H,1-4,7-10,12H2,(H,27,28). The lowest BCUT2D eigenvalue weighted by atomic mass is 9.94. The van der Waals surface area contributed by atoms with Crippen LogP contribution in [0.1, 0.15) is 47.3 Å². The van der Waals surface area contributed by atoms with E-state index in [4.69, 9.17) is 16.6 Å². The third kappa shape index (κ3) is 2.73. The predicted octanol–water partition coefficient (Wildman–Crippen LogP) is 3.74. The summed E-state index contributed by atoms with van der Waals surface area (Å²) >= 11 is 6.64. The van der Waals surface area contributed by atoms with Crippen LogP contribution in [0.15, 0.2) is 18.2 Å². The van der Waals surface area contributed by atoms with Crippen LogP contribution in [0.3, 0.4) is 0 Å². The molecule has 7 heteroatoms. The van der Waals surface area contributed by atoms with E-state index in [1.54, 1.807) is 0 Å². The van der Waals surface area contributed by atoms with Crippen LogP contribution in [0.5, 0.6) is 0 Å². The second kappa shape index (κ2) is 6.34. The maximum atomic E-state index is 13.2. The summed E-state index contributed by atoms with van der Waals surface area (Å²) in [6.07, 6.45) is 4.96. The molecule has 6 nitrogen and oxygen atoms in total. The summed E-state index contributed by atoms with van der Waals surface area (Å²) in [5.41, 5.74) is 3.25. The average molecular weight is 400 g/mol. The van der Waals surface area contributed by atoms with Crippen molar-refractivity contribution in [2.45, 2.75) is 44.1 Å². The van der Waals surface area contributed by atoms with E-state index in [1.807, 2.05) is 23.1 Å². The molecule has 3 aliphatic rings. The zero-order valence-electron chi connectivity index (χ0n) is 15.6. The predicted molar refractivity (Wildman–Crippen MR) is 106 cm³/mol. The van der Waals surface area contributed by atoms with Gasteiger partial charge in [-0.3, -0.25) is 9.78 Å². The fraction of sp³-hybridized carbons (Fsp3) is 0.476. The Labute approximate surface area is 168 Å². The summed E-state index contributed by atoms with van der Waals surface area (Å²) in [5.74, 6) is -0.0416. The molecule has 0 bridgehead atoms. The number of hydrogen-bond acceptors (Lipinski definition) is 3. The molecule has 1 aliphatic heterocycles. The largest absolute Gasteiger partial charge is 0.465 e. The first kappa shape index (κ1) is 17.7. The van der Waals surface area contributed by atoms with Gasteiger partial charge in [-0.15, -0.1) is 0 Å². The van der Waals surface area contributed by atoms with E-state index in [1.165, 1.54) is 4.90 Å². The van der Waals surface area contributed by atoms with Gasteiger partial charge in [-0.25, -0.2) is 4.79 Å². The highest BCUT2D eigenvalue weighted by Crippen LogP contribution is 2.45. The van der Waals surface area contributed by atoms with Gasteiger partial charge in [0.1, 0.15) is 0 Å². The highest BCUT2D eigenvalue weighted by molar-refractivity contribution is 6.36. The quantitative estimate of drug-likeness (QED) is 0.792. The first-order chi connectivity index (χ1) is 13.5. The van der Waals surface area contributed by atoms with Gasteiger partial charge in [-0.05, 0) is 56.2 Å². The maximum absolute atomic E-state index is 13.2. The zero-order chi connectivity index (χ0) is 19.5. The van der Waals surface area contributed by atoms with Gasteiger partial charge in [0.2, 0.25) is 0 Å². The van der Waals surface area contributed by atoms with E-state index in [0.29, 0.717) is 25.2 Å². The van der Waals surface area contributed by atoms with E-state index in [2.05, 4.69) is 0 Å². The number of hydrogen-bond donors (Lipinski definition) is 1. The SMILES string of the molecule is O=C(O)N1CCN(C(=O)c2ccc3c(Cl)c4c(nc3c2)CCCC4)C2(CC2)C1. The molecule has 2 fully saturated rings. The van der Waals surface area contributed by atoms with Gasteiger partial charge in [0.25, 0.3) is 5.91 Å². The molecule has 2 aromatic rings. The fourth-order valence-electron chi connectivity index (χ4n) is 4.69. The second-order valence-corrected chi connectivity index (χ2v) is 8.55. The van der Waals surface area contributed by atoms with Gasteiger partial charge >= 0.3 is 6.09 Å². The highest BCUT2D eigenvalue weighted by Gasteiger charge is 2.54. The van der Waals surface area contributed by atoms with Crippen molar-refractivity contribution in [2.24, 2.45) is 0 Å². The molecule has 1 saturated heterocycles. The van der Waals surface area contributed by atoms with Crippen LogP contribution in [-0.4, -0.2) is 57.1 Å². The molecule has 0 atom stereocenters. The normalized spacial score (nSPS) is 20.3. The van der Waals surface area contributed by atoms with Crippen LogP contribution in [0.2, 0.25) is 5.02 Å². The number of carbonyl (C=O) groups excluding carboxylic acids is 1. The molecule has 1 saturated carbocycles. The summed E-state index contributed by atoms with van der Waals surface area (Å²) in [6.45, 7) is 1.19. The van der Waals surface area contributed by atoms with Crippen molar-refractivity contribution >= 4 is 34.5 Å². The van der Waals surface area contributed by atoms with Crippen LogP contribution < -0.4 is 0 Å². The van der Waals surface area contributed by atoms with Crippen molar-refractivity contribution in [1.82, 2.24) is 14.8 Å². The third-order valence-corrected chi connectivity index (χ3v) is 6.87. The van der Waals surface area contributed by atoms with Crippen LogP contribution in [0, 0.1) is 0 Å². The lowest BCUT2D eigenvalue weighted by Crippen LogP contribution is -2.58. The summed E-state index contributed by atoms with van der Waals surface area (Å²) in [5, 5.41) is 11.0. The smallest absolute Gasteiger partial charge is 0.407 e. The molecular formula is C21H22ClN3O3. The van der Waals surface area contributed by atoms with E-state index >= 15 is 0 Å². The van der Waals surface area contributed by atoms with Gasteiger partial charge in [-0.1, -0.05) is 17.7 Å². The van der Waals surface area contributed by atoms with Crippen molar-refractivity contribution in [3.05, 3.63) is 40.0 Å². The second-order valence-electron chi connectivity index (χ2n) is 8.18. The Morgan fingerprint density at radius 3 is 2.68 bits per heavy atom. The Morgan fingerprint density at radius 1 is 1.14 bits per heavy atom. The maximum Gasteiger partial charge on any atom is 0.407 e. The van der Waals surface area contributed by atoms with E-state index in [0.717, 1.165) is 65.7 Å². The molecule has 5 rings (SSSR count). The number of halogens is 1. The number of aryl methyl sites for hydroxylation is 1. The molecule has 1 aromatic heterocycles. The minimum atomic E-state index is -0.910. The van der Waals surface area contributed by atoms with Crippen molar-refractivity contribution in [1.29, 1.82) is 0 Å². The Morgan fingerprint density at radius 2 is 1.93 bits per heavy atom. The fourth-order valence-corrected chi connectivity index (χ4v) is 5.05.